The summed E-state index contributed by atoms with van der Waals surface area (Å²) < 4.78 is 0. The van der Waals surface area contributed by atoms with Crippen molar-refractivity contribution in [3.05, 3.63) is 11.8 Å². The van der Waals surface area contributed by atoms with E-state index in [0.29, 0.717) is 18.8 Å². The number of rotatable bonds is 1. The molecule has 1 aliphatic rings. The third-order valence-corrected chi connectivity index (χ3v) is 2.50. The van der Waals surface area contributed by atoms with Crippen LogP contribution in [0.1, 0.15) is 12.1 Å². The molecule has 1 aliphatic heterocycles. The number of nitrogen functional groups attached to an aromatic ring is 1. The summed E-state index contributed by atoms with van der Waals surface area (Å²) in [5.74, 6) is 0.691. The summed E-state index contributed by atoms with van der Waals surface area (Å²) in [5.41, 5.74) is 6.25. The molecule has 1 aromatic heterocycles. The highest BCUT2D eigenvalue weighted by Crippen LogP contribution is 2.23. The topological polar surface area (TPSA) is 72.1 Å². The predicted molar refractivity (Wildman–Crippen MR) is 57.8 cm³/mol. The number of halogens is 1. The molecule has 15 heavy (non-hydrogen) atoms. The minimum absolute atomic E-state index is 0.0208. The summed E-state index contributed by atoms with van der Waals surface area (Å²) in [4.78, 5) is 21.1. The Morgan fingerprint density at radius 2 is 2.33 bits per heavy atom. The molecule has 2 heterocycles. The number of carbonyl (C=O) groups is 1. The second kappa shape index (κ2) is 3.66. The van der Waals surface area contributed by atoms with Gasteiger partial charge in [-0.1, -0.05) is 0 Å². The Balaban J connectivity index is 2.33. The van der Waals surface area contributed by atoms with Crippen molar-refractivity contribution in [3.63, 3.8) is 0 Å². The van der Waals surface area contributed by atoms with Crippen LogP contribution in [0, 0.1) is 6.92 Å². The van der Waals surface area contributed by atoms with Gasteiger partial charge in [0.15, 0.2) is 0 Å². The van der Waals surface area contributed by atoms with E-state index in [1.54, 1.807) is 17.9 Å². The Kier molecular flexibility index (Phi) is 2.48. The zero-order valence-corrected chi connectivity index (χ0v) is 9.03. The van der Waals surface area contributed by atoms with Crippen LogP contribution in [0.5, 0.6) is 0 Å². The molecular formula is C9H11ClN4O. The normalized spacial score (nSPS) is 21.1. The van der Waals surface area contributed by atoms with E-state index in [4.69, 9.17) is 17.3 Å². The van der Waals surface area contributed by atoms with Crippen molar-refractivity contribution in [2.75, 3.05) is 17.2 Å². The van der Waals surface area contributed by atoms with Crippen LogP contribution in [0.4, 0.5) is 11.8 Å². The van der Waals surface area contributed by atoms with Gasteiger partial charge in [-0.15, -0.1) is 11.6 Å². The van der Waals surface area contributed by atoms with E-state index >= 15 is 0 Å². The molecule has 1 aromatic rings. The third kappa shape index (κ3) is 2.02. The van der Waals surface area contributed by atoms with Crippen LogP contribution in [-0.4, -0.2) is 27.8 Å². The Labute approximate surface area is 92.3 Å². The second-order valence-corrected chi connectivity index (χ2v) is 4.15. The van der Waals surface area contributed by atoms with Crippen molar-refractivity contribution in [2.24, 2.45) is 0 Å². The highest BCUT2D eigenvalue weighted by Gasteiger charge is 2.30. The smallest absolute Gasteiger partial charge is 0.229 e. The largest absolute Gasteiger partial charge is 0.368 e. The number of nitrogens with zero attached hydrogens (tertiary/aromatic N) is 3. The summed E-state index contributed by atoms with van der Waals surface area (Å²) in [6.07, 6.45) is 0.352. The fraction of sp³-hybridized carbons (Fsp3) is 0.444. The summed E-state index contributed by atoms with van der Waals surface area (Å²) in [7, 11) is 0. The van der Waals surface area contributed by atoms with Gasteiger partial charge in [-0.25, -0.2) is 4.98 Å². The Hall–Kier alpha value is -1.36. The molecule has 0 bridgehead atoms. The standard InChI is InChI=1S/C9H11ClN4O/c1-5-2-7(13-9(11)12-5)14-4-6(10)3-8(14)15/h2,6H,3-4H2,1H3,(H2,11,12,13). The van der Waals surface area contributed by atoms with Gasteiger partial charge in [0.05, 0.1) is 5.38 Å². The summed E-state index contributed by atoms with van der Waals surface area (Å²) in [6, 6.07) is 1.73. The Morgan fingerprint density at radius 3 is 2.87 bits per heavy atom. The van der Waals surface area contributed by atoms with E-state index in [2.05, 4.69) is 9.97 Å². The van der Waals surface area contributed by atoms with E-state index in [-0.39, 0.29) is 17.2 Å². The molecule has 0 spiro atoms. The maximum absolute atomic E-state index is 11.5. The van der Waals surface area contributed by atoms with Gasteiger partial charge in [-0.2, -0.15) is 4.98 Å². The minimum atomic E-state index is -0.144. The van der Waals surface area contributed by atoms with Gasteiger partial charge in [0.2, 0.25) is 11.9 Å². The second-order valence-electron chi connectivity index (χ2n) is 3.53. The molecule has 1 atom stereocenters. The van der Waals surface area contributed by atoms with Crippen LogP contribution in [-0.2, 0) is 4.79 Å². The summed E-state index contributed by atoms with van der Waals surface area (Å²) >= 11 is 5.89. The molecule has 1 unspecified atom stereocenters. The molecule has 0 aliphatic carbocycles. The van der Waals surface area contributed by atoms with Crippen molar-refractivity contribution >= 4 is 29.3 Å². The monoisotopic (exact) mass is 226 g/mol. The van der Waals surface area contributed by atoms with Crippen molar-refractivity contribution < 1.29 is 4.79 Å². The quantitative estimate of drug-likeness (QED) is 0.716. The van der Waals surface area contributed by atoms with Crippen LogP contribution in [0.2, 0.25) is 0 Å². The van der Waals surface area contributed by atoms with E-state index in [9.17, 15) is 4.79 Å². The maximum Gasteiger partial charge on any atom is 0.229 e. The molecule has 0 radical (unpaired) electrons. The van der Waals surface area contributed by atoms with Crippen LogP contribution in [0.3, 0.4) is 0 Å². The fourth-order valence-corrected chi connectivity index (χ4v) is 1.87. The first-order chi connectivity index (χ1) is 7.06. The lowest BCUT2D eigenvalue weighted by Gasteiger charge is -2.14. The molecule has 5 nitrogen and oxygen atoms in total. The van der Waals surface area contributed by atoms with Gasteiger partial charge in [-0.05, 0) is 6.92 Å². The maximum atomic E-state index is 11.5. The molecule has 80 valence electrons. The van der Waals surface area contributed by atoms with Gasteiger partial charge < -0.3 is 5.73 Å². The van der Waals surface area contributed by atoms with Gasteiger partial charge in [0.1, 0.15) is 5.82 Å². The average Bonchev–Trinajstić information content (AvgIpc) is 2.43. The fourth-order valence-electron chi connectivity index (χ4n) is 1.60. The first kappa shape index (κ1) is 10.2. The van der Waals surface area contributed by atoms with Crippen LogP contribution in [0.15, 0.2) is 6.07 Å². The number of nitrogens with two attached hydrogens (primary N) is 1. The first-order valence-electron chi connectivity index (χ1n) is 4.62. The highest BCUT2D eigenvalue weighted by atomic mass is 35.5. The zero-order chi connectivity index (χ0) is 11.0. The first-order valence-corrected chi connectivity index (χ1v) is 5.05. The number of aromatic nitrogens is 2. The minimum Gasteiger partial charge on any atom is -0.368 e. The average molecular weight is 227 g/mol. The number of hydrogen-bond donors (Lipinski definition) is 1. The molecule has 2 rings (SSSR count). The van der Waals surface area contributed by atoms with Crippen LogP contribution < -0.4 is 10.6 Å². The molecule has 1 saturated heterocycles. The van der Waals surface area contributed by atoms with Gasteiger partial charge in [0, 0.05) is 24.7 Å². The van der Waals surface area contributed by atoms with E-state index < -0.39 is 0 Å². The van der Waals surface area contributed by atoms with Crippen molar-refractivity contribution in [1.82, 2.24) is 9.97 Å². The summed E-state index contributed by atoms with van der Waals surface area (Å²) in [5, 5.41) is -0.144. The predicted octanol–water partition coefficient (Wildman–Crippen LogP) is 0.711. The number of anilines is 2. The van der Waals surface area contributed by atoms with Crippen molar-refractivity contribution in [2.45, 2.75) is 18.7 Å². The molecule has 0 aromatic carbocycles. The van der Waals surface area contributed by atoms with Gasteiger partial charge in [-0.3, -0.25) is 9.69 Å². The molecular weight excluding hydrogens is 216 g/mol. The van der Waals surface area contributed by atoms with E-state index in [1.807, 2.05) is 0 Å². The number of carbonyl (C=O) groups excluding carboxylic acids is 1. The third-order valence-electron chi connectivity index (χ3n) is 2.21. The van der Waals surface area contributed by atoms with Crippen LogP contribution in [0.25, 0.3) is 0 Å². The molecule has 1 amide bonds. The van der Waals surface area contributed by atoms with Crippen molar-refractivity contribution in [3.8, 4) is 0 Å². The Morgan fingerprint density at radius 1 is 1.60 bits per heavy atom. The molecule has 0 saturated carbocycles. The molecule has 2 N–H and O–H groups in total. The number of hydrogen-bond acceptors (Lipinski definition) is 4. The molecule has 6 heteroatoms. The molecule has 1 fully saturated rings. The zero-order valence-electron chi connectivity index (χ0n) is 8.27. The highest BCUT2D eigenvalue weighted by molar-refractivity contribution is 6.24. The lowest BCUT2D eigenvalue weighted by molar-refractivity contribution is -0.117. The van der Waals surface area contributed by atoms with Crippen molar-refractivity contribution in [1.29, 1.82) is 0 Å². The van der Waals surface area contributed by atoms with E-state index in [0.717, 1.165) is 5.69 Å². The van der Waals surface area contributed by atoms with Gasteiger partial charge in [0.25, 0.3) is 0 Å². The van der Waals surface area contributed by atoms with E-state index in [1.165, 1.54) is 0 Å². The van der Waals surface area contributed by atoms with Gasteiger partial charge >= 0.3 is 0 Å². The SMILES string of the molecule is Cc1cc(N2CC(Cl)CC2=O)nc(N)n1. The Bertz CT molecular complexity index is 389. The van der Waals surface area contributed by atoms with Crippen LogP contribution >= 0.6 is 11.6 Å². The summed E-state index contributed by atoms with van der Waals surface area (Å²) in [6.45, 7) is 2.29. The lowest BCUT2D eigenvalue weighted by atomic mass is 10.4. The number of alkyl halides is 1. The number of aryl methyl sites for hydroxylation is 1. The number of amides is 1. The lowest BCUT2D eigenvalue weighted by Crippen LogP contribution is -2.26.